The monoisotopic (exact) mass is 389 g/mol. The molecule has 1 aromatic heterocycles. The van der Waals surface area contributed by atoms with Gasteiger partial charge < -0.3 is 15.5 Å². The van der Waals surface area contributed by atoms with Gasteiger partial charge in [0.25, 0.3) is 5.91 Å². The van der Waals surface area contributed by atoms with Gasteiger partial charge in [-0.3, -0.25) is 4.79 Å². The molecule has 0 radical (unpaired) electrons. The molecule has 2 N–H and O–H groups in total. The van der Waals surface area contributed by atoms with Gasteiger partial charge in [0.05, 0.1) is 0 Å². The van der Waals surface area contributed by atoms with Crippen molar-refractivity contribution in [1.82, 2.24) is 9.97 Å². The smallest absolute Gasteiger partial charge is 0.274 e. The highest BCUT2D eigenvalue weighted by Gasteiger charge is 2.10. The van der Waals surface area contributed by atoms with Gasteiger partial charge in [-0.25, -0.2) is 9.97 Å². The van der Waals surface area contributed by atoms with E-state index in [0.717, 1.165) is 35.6 Å². The van der Waals surface area contributed by atoms with Crippen molar-refractivity contribution >= 4 is 28.9 Å². The van der Waals surface area contributed by atoms with E-state index in [-0.39, 0.29) is 5.91 Å². The third-order valence-corrected chi connectivity index (χ3v) is 4.62. The van der Waals surface area contributed by atoms with E-state index in [1.165, 1.54) is 5.69 Å². The van der Waals surface area contributed by atoms with E-state index in [0.29, 0.717) is 11.6 Å². The van der Waals surface area contributed by atoms with Gasteiger partial charge in [-0.15, -0.1) is 0 Å². The molecule has 6 heteroatoms. The van der Waals surface area contributed by atoms with Crippen molar-refractivity contribution in [3.05, 3.63) is 71.5 Å². The molecule has 3 rings (SSSR count). The largest absolute Gasteiger partial charge is 0.372 e. The highest BCUT2D eigenvalue weighted by Crippen LogP contribution is 2.20. The molecule has 0 aliphatic rings. The van der Waals surface area contributed by atoms with E-state index in [9.17, 15) is 4.79 Å². The number of carbonyl (C=O) groups is 1. The van der Waals surface area contributed by atoms with E-state index in [4.69, 9.17) is 0 Å². The predicted molar refractivity (Wildman–Crippen MR) is 119 cm³/mol. The number of hydrogen-bond acceptors (Lipinski definition) is 5. The first kappa shape index (κ1) is 20.3. The fourth-order valence-electron chi connectivity index (χ4n) is 3.26. The minimum atomic E-state index is -0.266. The SMILES string of the molecule is CCN(CC)c1ccc(Nc2nccc(C(=O)Nc3cc(C)cc(C)c3)n2)cc1. The number of rotatable bonds is 7. The Bertz CT molecular complexity index is 961. The van der Waals surface area contributed by atoms with Crippen molar-refractivity contribution in [3.8, 4) is 0 Å². The summed E-state index contributed by atoms with van der Waals surface area (Å²) in [5.41, 5.74) is 5.29. The van der Waals surface area contributed by atoms with Crippen molar-refractivity contribution in [3.63, 3.8) is 0 Å². The van der Waals surface area contributed by atoms with Gasteiger partial charge in [0, 0.05) is 36.3 Å². The lowest BCUT2D eigenvalue weighted by Crippen LogP contribution is -2.21. The van der Waals surface area contributed by atoms with Crippen LogP contribution in [0.2, 0.25) is 0 Å². The molecule has 3 aromatic rings. The van der Waals surface area contributed by atoms with Gasteiger partial charge in [-0.2, -0.15) is 0 Å². The molecule has 0 fully saturated rings. The molecular formula is C23H27N5O. The number of benzene rings is 2. The standard InChI is InChI=1S/C23H27N5O/c1-5-28(6-2)20-9-7-18(8-10-20)26-23-24-12-11-21(27-23)22(29)25-19-14-16(3)13-17(4)15-19/h7-15H,5-6H2,1-4H3,(H,25,29)(H,24,26,27). The minimum Gasteiger partial charge on any atom is -0.372 e. The lowest BCUT2D eigenvalue weighted by atomic mass is 10.1. The van der Waals surface area contributed by atoms with E-state index in [2.05, 4.69) is 57.5 Å². The Morgan fingerprint density at radius 1 is 0.931 bits per heavy atom. The summed E-state index contributed by atoms with van der Waals surface area (Å²) in [6.07, 6.45) is 1.58. The van der Waals surface area contributed by atoms with Crippen LogP contribution >= 0.6 is 0 Å². The van der Waals surface area contributed by atoms with Crippen LogP contribution < -0.4 is 15.5 Å². The normalized spacial score (nSPS) is 10.5. The molecule has 2 aromatic carbocycles. The molecule has 0 spiro atoms. The van der Waals surface area contributed by atoms with Crippen LogP contribution in [0.4, 0.5) is 23.0 Å². The molecule has 0 saturated heterocycles. The Balaban J connectivity index is 1.71. The first-order chi connectivity index (χ1) is 14.0. The highest BCUT2D eigenvalue weighted by molar-refractivity contribution is 6.03. The van der Waals surface area contributed by atoms with Crippen LogP contribution in [-0.2, 0) is 0 Å². The van der Waals surface area contributed by atoms with Crippen molar-refractivity contribution in [2.45, 2.75) is 27.7 Å². The van der Waals surface area contributed by atoms with Crippen LogP contribution in [0.5, 0.6) is 0 Å². The second-order valence-corrected chi connectivity index (χ2v) is 6.94. The lowest BCUT2D eigenvalue weighted by molar-refractivity contribution is 0.102. The topological polar surface area (TPSA) is 70.2 Å². The van der Waals surface area contributed by atoms with Crippen LogP contribution in [0.25, 0.3) is 0 Å². The fraction of sp³-hybridized carbons (Fsp3) is 0.261. The summed E-state index contributed by atoms with van der Waals surface area (Å²) in [7, 11) is 0. The average molecular weight is 390 g/mol. The Labute approximate surface area is 172 Å². The Morgan fingerprint density at radius 2 is 1.59 bits per heavy atom. The Kier molecular flexibility index (Phi) is 6.44. The van der Waals surface area contributed by atoms with Crippen LogP contribution in [0.3, 0.4) is 0 Å². The van der Waals surface area contributed by atoms with Crippen LogP contribution in [0.1, 0.15) is 35.5 Å². The number of carbonyl (C=O) groups excluding carboxylic acids is 1. The molecule has 1 amide bonds. The molecule has 1 heterocycles. The fourth-order valence-corrected chi connectivity index (χ4v) is 3.26. The first-order valence-corrected chi connectivity index (χ1v) is 9.83. The van der Waals surface area contributed by atoms with E-state index >= 15 is 0 Å². The second-order valence-electron chi connectivity index (χ2n) is 6.94. The highest BCUT2D eigenvalue weighted by atomic mass is 16.1. The van der Waals surface area contributed by atoms with Gasteiger partial charge in [-0.1, -0.05) is 6.07 Å². The molecule has 0 unspecified atom stereocenters. The zero-order valence-electron chi connectivity index (χ0n) is 17.4. The summed E-state index contributed by atoms with van der Waals surface area (Å²) in [5, 5.41) is 6.06. The van der Waals surface area contributed by atoms with Crippen LogP contribution in [0, 0.1) is 13.8 Å². The number of anilines is 4. The molecule has 0 aliphatic heterocycles. The van der Waals surface area contributed by atoms with Gasteiger partial charge in [0.1, 0.15) is 5.69 Å². The summed E-state index contributed by atoms with van der Waals surface area (Å²) in [4.78, 5) is 23.5. The maximum atomic E-state index is 12.6. The third-order valence-electron chi connectivity index (χ3n) is 4.62. The van der Waals surface area contributed by atoms with E-state index in [1.807, 2.05) is 38.1 Å². The zero-order chi connectivity index (χ0) is 20.8. The predicted octanol–water partition coefficient (Wildman–Crippen LogP) is 4.94. The van der Waals surface area contributed by atoms with Crippen LogP contribution in [0.15, 0.2) is 54.7 Å². The number of amides is 1. The Hall–Kier alpha value is -3.41. The quantitative estimate of drug-likeness (QED) is 0.599. The second kappa shape index (κ2) is 9.19. The average Bonchev–Trinajstić information content (AvgIpc) is 2.69. The Morgan fingerprint density at radius 3 is 2.21 bits per heavy atom. The van der Waals surface area contributed by atoms with Crippen molar-refractivity contribution in [2.24, 2.45) is 0 Å². The molecule has 6 nitrogen and oxygen atoms in total. The summed E-state index contributed by atoms with van der Waals surface area (Å²) >= 11 is 0. The molecule has 150 valence electrons. The molecule has 0 aliphatic carbocycles. The van der Waals surface area contributed by atoms with Crippen molar-refractivity contribution in [2.75, 3.05) is 28.6 Å². The molecule has 0 bridgehead atoms. The van der Waals surface area contributed by atoms with E-state index in [1.54, 1.807) is 12.3 Å². The van der Waals surface area contributed by atoms with Gasteiger partial charge >= 0.3 is 0 Å². The lowest BCUT2D eigenvalue weighted by Gasteiger charge is -2.21. The van der Waals surface area contributed by atoms with Gasteiger partial charge in [0.2, 0.25) is 5.95 Å². The van der Waals surface area contributed by atoms with Crippen LogP contribution in [-0.4, -0.2) is 29.0 Å². The van der Waals surface area contributed by atoms with E-state index < -0.39 is 0 Å². The maximum absolute atomic E-state index is 12.6. The summed E-state index contributed by atoms with van der Waals surface area (Å²) in [6, 6.07) is 15.6. The zero-order valence-corrected chi connectivity index (χ0v) is 17.4. The molecule has 0 saturated carbocycles. The molecule has 0 atom stereocenters. The summed E-state index contributed by atoms with van der Waals surface area (Å²) in [6.45, 7) is 10.2. The number of nitrogens with one attached hydrogen (secondary N) is 2. The number of nitrogens with zero attached hydrogens (tertiary/aromatic N) is 3. The third kappa shape index (κ3) is 5.31. The number of hydrogen-bond donors (Lipinski definition) is 2. The van der Waals surface area contributed by atoms with Crippen molar-refractivity contribution in [1.29, 1.82) is 0 Å². The summed E-state index contributed by atoms with van der Waals surface area (Å²) in [5.74, 6) is 0.117. The minimum absolute atomic E-state index is 0.266. The van der Waals surface area contributed by atoms with Crippen molar-refractivity contribution < 1.29 is 4.79 Å². The summed E-state index contributed by atoms with van der Waals surface area (Å²) < 4.78 is 0. The molecular weight excluding hydrogens is 362 g/mol. The molecule has 29 heavy (non-hydrogen) atoms. The maximum Gasteiger partial charge on any atom is 0.274 e. The van der Waals surface area contributed by atoms with Gasteiger partial charge in [-0.05, 0) is 81.3 Å². The number of aryl methyl sites for hydroxylation is 2. The van der Waals surface area contributed by atoms with Gasteiger partial charge in [0.15, 0.2) is 0 Å². The number of aromatic nitrogens is 2. The first-order valence-electron chi connectivity index (χ1n) is 9.83.